The lowest BCUT2D eigenvalue weighted by atomic mass is 9.76. The summed E-state index contributed by atoms with van der Waals surface area (Å²) in [5.74, 6) is -0.257. The number of halogens is 1. The van der Waals surface area contributed by atoms with Crippen LogP contribution in [0.3, 0.4) is 0 Å². The summed E-state index contributed by atoms with van der Waals surface area (Å²) in [5, 5.41) is 8.50. The van der Waals surface area contributed by atoms with Crippen LogP contribution >= 0.6 is 0 Å². The van der Waals surface area contributed by atoms with Gasteiger partial charge >= 0.3 is 0 Å². The van der Waals surface area contributed by atoms with Crippen molar-refractivity contribution in [1.82, 2.24) is 0 Å². The first-order valence-electron chi connectivity index (χ1n) is 8.51. The van der Waals surface area contributed by atoms with Crippen LogP contribution in [0, 0.1) is 11.2 Å². The van der Waals surface area contributed by atoms with Gasteiger partial charge in [-0.3, -0.25) is 9.98 Å². The molecule has 0 heterocycles. The molecule has 26 heavy (non-hydrogen) atoms. The van der Waals surface area contributed by atoms with Gasteiger partial charge in [-0.15, -0.1) is 0 Å². The molecular formula is C21H25FN4. The molecule has 4 nitrogen and oxygen atoms in total. The van der Waals surface area contributed by atoms with Gasteiger partial charge in [0.1, 0.15) is 5.82 Å². The highest BCUT2D eigenvalue weighted by atomic mass is 19.1. The monoisotopic (exact) mass is 352 g/mol. The highest BCUT2D eigenvalue weighted by Crippen LogP contribution is 2.37. The van der Waals surface area contributed by atoms with Crippen molar-refractivity contribution in [2.75, 3.05) is 6.67 Å². The standard InChI is InChI=1S/C21H25FN4/c1-5-6-13(2)18-11-16(22)7-8-17(18)15-9-19(24)21(14(3)25-4)20(10-15)26-12-23/h5-8,11,15,24H,1,4,9-10,12,23H2,2-3H3/b13-6+,21-14-,24-19?,26-20-. The van der Waals surface area contributed by atoms with Gasteiger partial charge in [-0.1, -0.05) is 24.8 Å². The van der Waals surface area contributed by atoms with Gasteiger partial charge in [0.2, 0.25) is 0 Å². The predicted molar refractivity (Wildman–Crippen MR) is 109 cm³/mol. The Morgan fingerprint density at radius 1 is 1.38 bits per heavy atom. The molecule has 3 N–H and O–H groups in total. The number of nitrogens with zero attached hydrogens (tertiary/aromatic N) is 2. The molecule has 0 aliphatic heterocycles. The molecule has 1 aliphatic rings. The molecule has 1 fully saturated rings. The second-order valence-electron chi connectivity index (χ2n) is 6.31. The second-order valence-corrected chi connectivity index (χ2v) is 6.31. The minimum atomic E-state index is -0.283. The maximum absolute atomic E-state index is 13.8. The minimum Gasteiger partial charge on any atom is -0.312 e. The Hall–Kier alpha value is -2.66. The van der Waals surface area contributed by atoms with Crippen molar-refractivity contribution in [3.05, 3.63) is 65.1 Å². The Kier molecular flexibility index (Phi) is 6.52. The van der Waals surface area contributed by atoms with Crippen LogP contribution in [0.1, 0.15) is 43.7 Å². The summed E-state index contributed by atoms with van der Waals surface area (Å²) in [6.07, 6.45) is 4.71. The van der Waals surface area contributed by atoms with Crippen molar-refractivity contribution < 1.29 is 4.39 Å². The van der Waals surface area contributed by atoms with Gasteiger partial charge in [-0.25, -0.2) is 4.39 Å². The predicted octanol–water partition coefficient (Wildman–Crippen LogP) is 4.64. The number of hydrogen-bond donors (Lipinski definition) is 2. The van der Waals surface area contributed by atoms with E-state index < -0.39 is 0 Å². The van der Waals surface area contributed by atoms with E-state index in [0.717, 1.165) is 28.0 Å². The van der Waals surface area contributed by atoms with Crippen molar-refractivity contribution >= 4 is 23.7 Å². The molecule has 0 saturated heterocycles. The number of nitrogens with one attached hydrogen (secondary N) is 1. The summed E-state index contributed by atoms with van der Waals surface area (Å²) in [5.41, 5.74) is 11.0. The molecule has 1 aliphatic carbocycles. The van der Waals surface area contributed by atoms with Crippen LogP contribution in [0.15, 0.2) is 58.2 Å². The first-order valence-corrected chi connectivity index (χ1v) is 8.51. The Bertz CT molecular complexity index is 830. The molecule has 1 saturated carbocycles. The Labute approximate surface area is 154 Å². The fourth-order valence-electron chi connectivity index (χ4n) is 3.40. The molecule has 5 heteroatoms. The number of hydrogen-bond acceptors (Lipinski definition) is 4. The normalized spacial score (nSPS) is 21.7. The molecule has 1 atom stereocenters. The van der Waals surface area contributed by atoms with E-state index in [1.807, 2.05) is 19.9 Å². The van der Waals surface area contributed by atoms with E-state index >= 15 is 0 Å². The van der Waals surface area contributed by atoms with Crippen LogP contribution in [0.5, 0.6) is 0 Å². The quantitative estimate of drug-likeness (QED) is 0.588. The molecule has 1 aromatic carbocycles. The molecule has 1 unspecified atom stereocenters. The summed E-state index contributed by atoms with van der Waals surface area (Å²) in [4.78, 5) is 8.36. The lowest BCUT2D eigenvalue weighted by molar-refractivity contribution is 0.624. The maximum Gasteiger partial charge on any atom is 0.123 e. The Balaban J connectivity index is 2.54. The lowest BCUT2D eigenvalue weighted by Crippen LogP contribution is -2.27. The Morgan fingerprint density at radius 3 is 2.73 bits per heavy atom. The van der Waals surface area contributed by atoms with E-state index in [-0.39, 0.29) is 18.4 Å². The van der Waals surface area contributed by atoms with E-state index in [9.17, 15) is 4.39 Å². The highest BCUT2D eigenvalue weighted by molar-refractivity contribution is 6.26. The van der Waals surface area contributed by atoms with Gasteiger partial charge in [0, 0.05) is 22.7 Å². The van der Waals surface area contributed by atoms with Gasteiger partial charge in [0.25, 0.3) is 0 Å². The molecule has 0 bridgehead atoms. The lowest BCUT2D eigenvalue weighted by Gasteiger charge is -2.29. The van der Waals surface area contributed by atoms with Crippen LogP contribution in [0.25, 0.3) is 5.57 Å². The fraction of sp³-hybridized carbons (Fsp3) is 0.286. The zero-order valence-corrected chi connectivity index (χ0v) is 15.3. The van der Waals surface area contributed by atoms with Gasteiger partial charge in [-0.2, -0.15) is 0 Å². The van der Waals surface area contributed by atoms with Crippen molar-refractivity contribution in [1.29, 1.82) is 5.41 Å². The number of benzene rings is 1. The van der Waals surface area contributed by atoms with E-state index in [2.05, 4.69) is 23.3 Å². The summed E-state index contributed by atoms with van der Waals surface area (Å²) < 4.78 is 13.8. The van der Waals surface area contributed by atoms with Gasteiger partial charge in [-0.05, 0) is 68.2 Å². The summed E-state index contributed by atoms with van der Waals surface area (Å²) in [6, 6.07) is 4.80. The topological polar surface area (TPSA) is 74.6 Å². The van der Waals surface area contributed by atoms with Gasteiger partial charge in [0.15, 0.2) is 0 Å². The molecule has 0 aromatic heterocycles. The van der Waals surface area contributed by atoms with Crippen LogP contribution < -0.4 is 5.73 Å². The fourth-order valence-corrected chi connectivity index (χ4v) is 3.40. The number of allylic oxidation sites excluding steroid dienone is 5. The minimum absolute atomic E-state index is 0.0259. The summed E-state index contributed by atoms with van der Waals surface area (Å²) in [7, 11) is 0. The first kappa shape index (κ1) is 19.7. The zero-order valence-electron chi connectivity index (χ0n) is 15.3. The van der Waals surface area contributed by atoms with E-state index in [0.29, 0.717) is 24.3 Å². The van der Waals surface area contributed by atoms with Crippen LogP contribution in [-0.4, -0.2) is 24.8 Å². The second kappa shape index (κ2) is 8.63. The van der Waals surface area contributed by atoms with Crippen LogP contribution in [0.4, 0.5) is 4.39 Å². The van der Waals surface area contributed by atoms with Crippen LogP contribution in [-0.2, 0) is 0 Å². The number of nitrogens with two attached hydrogens (primary N) is 1. The maximum atomic E-state index is 13.8. The zero-order chi connectivity index (χ0) is 19.3. The molecule has 0 amide bonds. The Morgan fingerprint density at radius 2 is 2.12 bits per heavy atom. The molecule has 1 aromatic rings. The van der Waals surface area contributed by atoms with Crippen molar-refractivity contribution in [3.63, 3.8) is 0 Å². The summed E-state index contributed by atoms with van der Waals surface area (Å²) in [6.45, 7) is 11.2. The van der Waals surface area contributed by atoms with Crippen LogP contribution in [0.2, 0.25) is 0 Å². The average molecular weight is 352 g/mol. The molecule has 136 valence electrons. The van der Waals surface area contributed by atoms with Crippen molar-refractivity contribution in [2.24, 2.45) is 15.7 Å². The molecular weight excluding hydrogens is 327 g/mol. The molecule has 0 radical (unpaired) electrons. The number of rotatable bonds is 5. The molecule has 0 spiro atoms. The van der Waals surface area contributed by atoms with Gasteiger partial charge in [0.05, 0.1) is 6.67 Å². The highest BCUT2D eigenvalue weighted by Gasteiger charge is 2.30. The van der Waals surface area contributed by atoms with Crippen molar-refractivity contribution in [2.45, 2.75) is 32.6 Å². The van der Waals surface area contributed by atoms with Crippen molar-refractivity contribution in [3.8, 4) is 0 Å². The third kappa shape index (κ3) is 4.11. The average Bonchev–Trinajstić information content (AvgIpc) is 2.61. The smallest absolute Gasteiger partial charge is 0.123 e. The largest absolute Gasteiger partial charge is 0.312 e. The third-order valence-electron chi connectivity index (χ3n) is 4.61. The molecule has 2 rings (SSSR count). The third-order valence-corrected chi connectivity index (χ3v) is 4.61. The van der Waals surface area contributed by atoms with E-state index in [4.69, 9.17) is 11.1 Å². The van der Waals surface area contributed by atoms with E-state index in [1.165, 1.54) is 12.1 Å². The van der Waals surface area contributed by atoms with Gasteiger partial charge < -0.3 is 11.1 Å². The van der Waals surface area contributed by atoms with E-state index in [1.54, 1.807) is 12.1 Å². The summed E-state index contributed by atoms with van der Waals surface area (Å²) >= 11 is 0. The SMILES string of the molecule is C=C/C=C(\C)c1cc(F)ccc1C1CC(=N)C(=C(\C)N=C)/C(=N\CN)C1. The number of aliphatic imine (C=N–C) groups is 2. The first-order chi connectivity index (χ1) is 12.4.